The van der Waals surface area contributed by atoms with E-state index in [0.717, 1.165) is 22.3 Å². The highest BCUT2D eigenvalue weighted by Crippen LogP contribution is 2.31. The van der Waals surface area contributed by atoms with Gasteiger partial charge in [0.05, 0.1) is 33.0 Å². The van der Waals surface area contributed by atoms with Crippen molar-refractivity contribution in [3.8, 4) is 0 Å². The topological polar surface area (TPSA) is 72.5 Å². The van der Waals surface area contributed by atoms with Gasteiger partial charge in [0.2, 0.25) is 0 Å². The van der Waals surface area contributed by atoms with Crippen LogP contribution in [0.15, 0.2) is 121 Å². The Labute approximate surface area is 253 Å². The molecule has 7 nitrogen and oxygen atoms in total. The monoisotopic (exact) mass is 582 g/mol. The van der Waals surface area contributed by atoms with Gasteiger partial charge in [-0.1, -0.05) is 121 Å². The van der Waals surface area contributed by atoms with Crippen LogP contribution in [0.3, 0.4) is 0 Å². The predicted octanol–water partition coefficient (Wildman–Crippen LogP) is 5.90. The number of carbonyl (C=O) groups is 1. The molecule has 1 aliphatic rings. The second-order valence-corrected chi connectivity index (χ2v) is 10.3. The summed E-state index contributed by atoms with van der Waals surface area (Å²) in [5, 5.41) is 0. The summed E-state index contributed by atoms with van der Waals surface area (Å²) >= 11 is 0. The molecule has 0 aromatic heterocycles. The molecular formula is C36H38O7. The van der Waals surface area contributed by atoms with Crippen molar-refractivity contribution in [2.45, 2.75) is 57.1 Å². The Morgan fingerprint density at radius 1 is 0.512 bits per heavy atom. The normalized spacial score (nSPS) is 21.8. The summed E-state index contributed by atoms with van der Waals surface area (Å²) in [5.41, 5.74) is 4.08. The summed E-state index contributed by atoms with van der Waals surface area (Å²) < 4.78 is 38.2. The zero-order chi connectivity index (χ0) is 29.5. The van der Waals surface area contributed by atoms with Gasteiger partial charge >= 0.3 is 0 Å². The quantitative estimate of drug-likeness (QED) is 0.152. The molecule has 0 unspecified atom stereocenters. The third-order valence-electron chi connectivity index (χ3n) is 7.17. The fourth-order valence-corrected chi connectivity index (χ4v) is 5.02. The number of carbonyl (C=O) groups excluding carboxylic acids is 1. The minimum absolute atomic E-state index is 0.144. The van der Waals surface area contributed by atoms with E-state index < -0.39 is 30.7 Å². The first-order chi connectivity index (χ1) is 21.3. The average Bonchev–Trinajstić information content (AvgIpc) is 3.07. The van der Waals surface area contributed by atoms with E-state index in [-0.39, 0.29) is 13.2 Å². The van der Waals surface area contributed by atoms with Gasteiger partial charge in [-0.2, -0.15) is 0 Å². The van der Waals surface area contributed by atoms with Crippen LogP contribution < -0.4 is 0 Å². The lowest BCUT2D eigenvalue weighted by atomic mass is 9.97. The molecule has 0 radical (unpaired) electrons. The SMILES string of the molecule is O=CCO[C@@H]1O[C@H](COCc2ccccc2)[C@@H](OCc2ccccc2)[C@H](OCc2ccccc2)[C@H]1OCc1ccccc1. The van der Waals surface area contributed by atoms with E-state index in [2.05, 4.69) is 0 Å². The number of aldehydes is 1. The van der Waals surface area contributed by atoms with Crippen molar-refractivity contribution in [3.63, 3.8) is 0 Å². The van der Waals surface area contributed by atoms with Crippen molar-refractivity contribution in [1.82, 2.24) is 0 Å². The third-order valence-corrected chi connectivity index (χ3v) is 7.17. The molecule has 7 heteroatoms. The molecule has 1 saturated heterocycles. The van der Waals surface area contributed by atoms with E-state index in [1.807, 2.05) is 121 Å². The molecule has 0 amide bonds. The summed E-state index contributed by atoms with van der Waals surface area (Å²) in [7, 11) is 0. The second-order valence-electron chi connectivity index (χ2n) is 10.3. The highest BCUT2D eigenvalue weighted by atomic mass is 16.7. The Kier molecular flexibility index (Phi) is 12.0. The Bertz CT molecular complexity index is 1320. The summed E-state index contributed by atoms with van der Waals surface area (Å²) in [6.07, 6.45) is -2.57. The molecule has 5 rings (SSSR count). The largest absolute Gasteiger partial charge is 0.374 e. The van der Waals surface area contributed by atoms with Gasteiger partial charge in [0.25, 0.3) is 0 Å². The molecule has 0 aliphatic carbocycles. The molecular weight excluding hydrogens is 544 g/mol. The minimum atomic E-state index is -0.878. The van der Waals surface area contributed by atoms with E-state index >= 15 is 0 Å². The van der Waals surface area contributed by atoms with E-state index in [0.29, 0.717) is 32.7 Å². The molecule has 43 heavy (non-hydrogen) atoms. The molecule has 0 spiro atoms. The van der Waals surface area contributed by atoms with Crippen LogP contribution in [-0.4, -0.2) is 50.2 Å². The fraction of sp³-hybridized carbons (Fsp3) is 0.306. The van der Waals surface area contributed by atoms with Crippen LogP contribution in [0.25, 0.3) is 0 Å². The molecule has 4 aromatic rings. The molecule has 1 fully saturated rings. The first-order valence-corrected chi connectivity index (χ1v) is 14.6. The third kappa shape index (κ3) is 9.40. The van der Waals surface area contributed by atoms with Gasteiger partial charge in [0.1, 0.15) is 37.3 Å². The Hall–Kier alpha value is -3.69. The average molecular weight is 583 g/mol. The van der Waals surface area contributed by atoms with Gasteiger partial charge in [0, 0.05) is 0 Å². The molecule has 224 valence electrons. The maximum atomic E-state index is 11.4. The maximum absolute atomic E-state index is 11.4. The minimum Gasteiger partial charge on any atom is -0.374 e. The first kappa shape index (κ1) is 30.8. The Morgan fingerprint density at radius 2 is 0.930 bits per heavy atom. The van der Waals surface area contributed by atoms with Crippen LogP contribution in [0.2, 0.25) is 0 Å². The van der Waals surface area contributed by atoms with Crippen LogP contribution in [0.1, 0.15) is 22.3 Å². The van der Waals surface area contributed by atoms with E-state index in [1.165, 1.54) is 0 Å². The summed E-state index contributed by atoms with van der Waals surface area (Å²) in [6.45, 7) is 1.48. The Morgan fingerprint density at radius 3 is 1.40 bits per heavy atom. The fourth-order valence-electron chi connectivity index (χ4n) is 5.02. The lowest BCUT2D eigenvalue weighted by Crippen LogP contribution is -2.61. The van der Waals surface area contributed by atoms with Crippen molar-refractivity contribution in [3.05, 3.63) is 144 Å². The second kappa shape index (κ2) is 16.8. The molecule has 5 atom stereocenters. The summed E-state index contributed by atoms with van der Waals surface area (Å²) in [5.74, 6) is 0. The highest BCUT2D eigenvalue weighted by molar-refractivity contribution is 5.50. The van der Waals surface area contributed by atoms with Crippen LogP contribution in [0, 0.1) is 0 Å². The number of rotatable bonds is 16. The summed E-state index contributed by atoms with van der Waals surface area (Å²) in [6, 6.07) is 39.8. The van der Waals surface area contributed by atoms with Crippen LogP contribution in [-0.2, 0) is 59.6 Å². The van der Waals surface area contributed by atoms with Crippen LogP contribution in [0.4, 0.5) is 0 Å². The zero-order valence-corrected chi connectivity index (χ0v) is 24.1. The molecule has 0 saturated carbocycles. The standard InChI is InChI=1S/C36H38O7/c37-21-22-39-36-35(42-26-31-19-11-4-12-20-31)34(41-25-30-17-9-3-10-18-30)33(40-24-29-15-7-2-8-16-29)32(43-36)27-38-23-28-13-5-1-6-14-28/h1-21,32-36H,22-27H2/t32-,33-,34+,35-,36-/m1/s1. The lowest BCUT2D eigenvalue weighted by molar-refractivity contribution is -0.326. The maximum Gasteiger partial charge on any atom is 0.187 e. The van der Waals surface area contributed by atoms with E-state index in [1.54, 1.807) is 0 Å². The molecule has 4 aromatic carbocycles. The van der Waals surface area contributed by atoms with E-state index in [4.69, 9.17) is 28.4 Å². The van der Waals surface area contributed by atoms with Gasteiger partial charge in [-0.3, -0.25) is 0 Å². The van der Waals surface area contributed by atoms with Crippen molar-refractivity contribution in [1.29, 1.82) is 0 Å². The zero-order valence-electron chi connectivity index (χ0n) is 24.1. The van der Waals surface area contributed by atoms with Crippen molar-refractivity contribution in [2.75, 3.05) is 13.2 Å². The van der Waals surface area contributed by atoms with Gasteiger partial charge < -0.3 is 33.2 Å². The lowest BCUT2D eigenvalue weighted by Gasteiger charge is -2.45. The Balaban J connectivity index is 1.41. The highest BCUT2D eigenvalue weighted by Gasteiger charge is 2.49. The summed E-state index contributed by atoms with van der Waals surface area (Å²) in [4.78, 5) is 11.4. The number of hydrogen-bond acceptors (Lipinski definition) is 7. The smallest absolute Gasteiger partial charge is 0.187 e. The predicted molar refractivity (Wildman–Crippen MR) is 162 cm³/mol. The van der Waals surface area contributed by atoms with Crippen molar-refractivity contribution < 1.29 is 33.2 Å². The van der Waals surface area contributed by atoms with Crippen molar-refractivity contribution >= 4 is 6.29 Å². The van der Waals surface area contributed by atoms with Crippen LogP contribution >= 0.6 is 0 Å². The van der Waals surface area contributed by atoms with Gasteiger partial charge in [-0.05, 0) is 22.3 Å². The number of ether oxygens (including phenoxy) is 6. The number of hydrogen-bond donors (Lipinski definition) is 0. The van der Waals surface area contributed by atoms with Crippen LogP contribution in [0.5, 0.6) is 0 Å². The molecule has 0 bridgehead atoms. The molecule has 1 heterocycles. The van der Waals surface area contributed by atoms with Gasteiger partial charge in [0.15, 0.2) is 6.29 Å². The van der Waals surface area contributed by atoms with E-state index in [9.17, 15) is 4.79 Å². The van der Waals surface area contributed by atoms with Crippen molar-refractivity contribution in [2.24, 2.45) is 0 Å². The number of benzene rings is 4. The molecule has 0 N–H and O–H groups in total. The van der Waals surface area contributed by atoms with Gasteiger partial charge in [-0.15, -0.1) is 0 Å². The van der Waals surface area contributed by atoms with Gasteiger partial charge in [-0.25, -0.2) is 0 Å². The molecule has 1 aliphatic heterocycles. The first-order valence-electron chi connectivity index (χ1n) is 14.6.